The van der Waals surface area contributed by atoms with Gasteiger partial charge in [-0.15, -0.1) is 0 Å². The van der Waals surface area contributed by atoms with Crippen LogP contribution in [0.2, 0.25) is 0 Å². The van der Waals surface area contributed by atoms with Gasteiger partial charge in [0.05, 0.1) is 44.7 Å². The van der Waals surface area contributed by atoms with Crippen molar-refractivity contribution in [3.8, 4) is 0 Å². The molecule has 3 aromatic carbocycles. The van der Waals surface area contributed by atoms with Crippen LogP contribution in [-0.2, 0) is 62.5 Å². The summed E-state index contributed by atoms with van der Waals surface area (Å²) in [5.74, 6) is -1.70. The molecule has 4 aliphatic rings. The van der Waals surface area contributed by atoms with Gasteiger partial charge >= 0.3 is 0 Å². The van der Waals surface area contributed by atoms with Crippen LogP contribution in [0.15, 0.2) is 108 Å². The van der Waals surface area contributed by atoms with E-state index in [4.69, 9.17) is 42.6 Å². The topological polar surface area (TPSA) is 132 Å². The lowest BCUT2D eigenvalue weighted by atomic mass is 9.91. The molecule has 276 valence electrons. The van der Waals surface area contributed by atoms with Gasteiger partial charge in [0.25, 0.3) is 0 Å². The average molecular weight is 714 g/mol. The maximum atomic E-state index is 9.88. The lowest BCUT2D eigenvalue weighted by Gasteiger charge is -2.44. The third kappa shape index (κ3) is 8.75. The highest BCUT2D eigenvalue weighted by Crippen LogP contribution is 2.44. The summed E-state index contributed by atoms with van der Waals surface area (Å²) in [5, 5.41) is 4.27. The minimum Gasteiger partial charge on any atom is -0.374 e. The SMILES string of the molecule is CC1(C)O[C@H]2[C@@H](O1)[C@@H](C=C[C@@H]1O[C@H](COCc3ccccc3)[C@H](OCc3ccccc3)[C@H](OCc3ccccc3)[C@H]1N=[N+]=[N-])O[C@@H]1OC(C)(C)O[C@@H]12. The minimum atomic E-state index is -0.856. The number of benzene rings is 3. The van der Waals surface area contributed by atoms with Crippen molar-refractivity contribution >= 4 is 0 Å². The molecule has 3 aromatic rings. The van der Waals surface area contributed by atoms with Crippen LogP contribution in [0.1, 0.15) is 44.4 Å². The molecule has 4 saturated heterocycles. The lowest BCUT2D eigenvalue weighted by Crippen LogP contribution is -2.59. The largest absolute Gasteiger partial charge is 0.374 e. The van der Waals surface area contributed by atoms with Crippen LogP contribution in [0.4, 0.5) is 0 Å². The summed E-state index contributed by atoms with van der Waals surface area (Å²) in [6.45, 7) is 8.59. The summed E-state index contributed by atoms with van der Waals surface area (Å²) in [6.07, 6.45) is -1.55. The molecule has 10 atom stereocenters. The number of ether oxygens (including phenoxy) is 9. The molecule has 0 radical (unpaired) electrons. The van der Waals surface area contributed by atoms with Crippen molar-refractivity contribution in [3.63, 3.8) is 0 Å². The van der Waals surface area contributed by atoms with Crippen molar-refractivity contribution in [1.29, 1.82) is 0 Å². The first-order valence-corrected chi connectivity index (χ1v) is 17.9. The van der Waals surface area contributed by atoms with E-state index in [1.165, 1.54) is 0 Å². The summed E-state index contributed by atoms with van der Waals surface area (Å²) in [5.41, 5.74) is 12.9. The van der Waals surface area contributed by atoms with Crippen molar-refractivity contribution in [2.75, 3.05) is 6.61 Å². The van der Waals surface area contributed by atoms with Gasteiger partial charge in [0, 0.05) is 4.91 Å². The Morgan fingerprint density at radius 3 is 1.77 bits per heavy atom. The molecular formula is C40H47N3O9. The van der Waals surface area contributed by atoms with Crippen LogP contribution in [0, 0.1) is 0 Å². The zero-order chi connectivity index (χ0) is 36.1. The number of hydrogen-bond acceptors (Lipinski definition) is 10. The zero-order valence-electron chi connectivity index (χ0n) is 29.9. The number of rotatable bonds is 13. The summed E-state index contributed by atoms with van der Waals surface area (Å²) >= 11 is 0. The first-order chi connectivity index (χ1) is 25.2. The van der Waals surface area contributed by atoms with Gasteiger partial charge < -0.3 is 42.6 Å². The van der Waals surface area contributed by atoms with Crippen molar-refractivity contribution in [1.82, 2.24) is 0 Å². The number of hydrogen-bond donors (Lipinski definition) is 0. The van der Waals surface area contributed by atoms with Crippen LogP contribution in [0.25, 0.3) is 10.4 Å². The first kappa shape index (κ1) is 36.7. The normalized spacial score (nSPS) is 33.3. The smallest absolute Gasteiger partial charge is 0.190 e. The molecular weight excluding hydrogens is 666 g/mol. The van der Waals surface area contributed by atoms with E-state index in [0.29, 0.717) is 13.2 Å². The predicted octanol–water partition coefficient (Wildman–Crippen LogP) is 6.77. The highest BCUT2D eigenvalue weighted by molar-refractivity contribution is 5.17. The highest BCUT2D eigenvalue weighted by atomic mass is 16.9. The fourth-order valence-corrected chi connectivity index (χ4v) is 7.25. The van der Waals surface area contributed by atoms with E-state index < -0.39 is 72.7 Å². The highest BCUT2D eigenvalue weighted by Gasteiger charge is 2.60. The Bertz CT molecular complexity index is 1670. The Balaban J connectivity index is 1.18. The van der Waals surface area contributed by atoms with E-state index in [0.717, 1.165) is 16.7 Å². The second-order valence-corrected chi connectivity index (χ2v) is 14.4. The zero-order valence-corrected chi connectivity index (χ0v) is 29.9. The van der Waals surface area contributed by atoms with Crippen molar-refractivity contribution in [2.24, 2.45) is 5.11 Å². The van der Waals surface area contributed by atoms with E-state index in [1.54, 1.807) is 0 Å². The van der Waals surface area contributed by atoms with Crippen molar-refractivity contribution in [3.05, 3.63) is 130 Å². The maximum Gasteiger partial charge on any atom is 0.190 e. The molecule has 0 spiro atoms. The van der Waals surface area contributed by atoms with Crippen LogP contribution >= 0.6 is 0 Å². The van der Waals surface area contributed by atoms with Gasteiger partial charge in [0.2, 0.25) is 0 Å². The molecule has 0 amide bonds. The fraction of sp³-hybridized carbons (Fsp3) is 0.500. The van der Waals surface area contributed by atoms with Crippen molar-refractivity contribution in [2.45, 2.75) is 120 Å². The second-order valence-electron chi connectivity index (χ2n) is 14.4. The van der Waals surface area contributed by atoms with Crippen LogP contribution in [0.3, 0.4) is 0 Å². The molecule has 4 fully saturated rings. The van der Waals surface area contributed by atoms with Gasteiger partial charge in [0.1, 0.15) is 36.6 Å². The van der Waals surface area contributed by atoms with Gasteiger partial charge in [-0.2, -0.15) is 0 Å². The molecule has 52 heavy (non-hydrogen) atoms. The Morgan fingerprint density at radius 1 is 0.635 bits per heavy atom. The van der Waals surface area contributed by atoms with Gasteiger partial charge in [-0.3, -0.25) is 0 Å². The van der Waals surface area contributed by atoms with Crippen molar-refractivity contribution < 1.29 is 42.6 Å². The van der Waals surface area contributed by atoms with E-state index in [1.807, 2.05) is 131 Å². The van der Waals surface area contributed by atoms with E-state index in [9.17, 15) is 5.53 Å². The monoisotopic (exact) mass is 713 g/mol. The van der Waals surface area contributed by atoms with Gasteiger partial charge in [0.15, 0.2) is 17.9 Å². The Kier molecular flexibility index (Phi) is 11.4. The van der Waals surface area contributed by atoms with Crippen LogP contribution in [-0.4, -0.2) is 79.3 Å². The van der Waals surface area contributed by atoms with E-state index in [2.05, 4.69) is 10.0 Å². The van der Waals surface area contributed by atoms with Crippen LogP contribution in [0.5, 0.6) is 0 Å². The van der Waals surface area contributed by atoms with Gasteiger partial charge in [-0.05, 0) is 49.9 Å². The average Bonchev–Trinajstić information content (AvgIpc) is 3.64. The Hall–Kier alpha value is -3.65. The molecule has 4 heterocycles. The molecule has 0 N–H and O–H groups in total. The molecule has 0 unspecified atom stereocenters. The molecule has 0 saturated carbocycles. The summed E-state index contributed by atoms with van der Waals surface area (Å²) in [6, 6.07) is 28.9. The van der Waals surface area contributed by atoms with E-state index in [-0.39, 0.29) is 13.2 Å². The molecule has 12 nitrogen and oxygen atoms in total. The molecule has 0 aliphatic carbocycles. The molecule has 7 rings (SSSR count). The fourth-order valence-electron chi connectivity index (χ4n) is 7.25. The van der Waals surface area contributed by atoms with Gasteiger partial charge in [-0.1, -0.05) is 108 Å². The number of nitrogens with zero attached hydrogens (tertiary/aromatic N) is 3. The van der Waals surface area contributed by atoms with E-state index >= 15 is 0 Å². The summed E-state index contributed by atoms with van der Waals surface area (Å²) in [7, 11) is 0. The second kappa shape index (κ2) is 16.2. The molecule has 12 heteroatoms. The number of azide groups is 1. The number of fused-ring (bicyclic) bond motifs is 3. The Morgan fingerprint density at radius 2 is 1.15 bits per heavy atom. The Labute approximate surface area is 304 Å². The summed E-state index contributed by atoms with van der Waals surface area (Å²) in [4.78, 5) is 3.25. The standard InChI is InChI=1S/C40H47N3O9/c1-39(2)49-34-30(48-38-37(36(34)50-39)51-40(3,4)52-38)21-20-29-32(42-43-41)35(46-24-28-18-12-7-13-19-28)33(45-23-27-16-10-6-11-17-27)31(47-29)25-44-22-26-14-8-5-9-15-26/h5-21,29-38H,22-25H2,1-4H3/t29-,30+,31+,32-,33-,34-,35+,36-,37+,38+/m0/s1. The predicted molar refractivity (Wildman–Crippen MR) is 189 cm³/mol. The summed E-state index contributed by atoms with van der Waals surface area (Å²) < 4.78 is 57.7. The molecule has 0 aromatic heterocycles. The first-order valence-electron chi connectivity index (χ1n) is 17.9. The quantitative estimate of drug-likeness (QED) is 0.0815. The third-order valence-electron chi connectivity index (χ3n) is 9.53. The van der Waals surface area contributed by atoms with Gasteiger partial charge in [-0.25, -0.2) is 0 Å². The molecule has 0 bridgehead atoms. The minimum absolute atomic E-state index is 0.201. The van der Waals surface area contributed by atoms with Crippen LogP contribution < -0.4 is 0 Å². The maximum absolute atomic E-state index is 9.88. The lowest BCUT2D eigenvalue weighted by molar-refractivity contribution is -0.224. The third-order valence-corrected chi connectivity index (χ3v) is 9.53. The molecule has 4 aliphatic heterocycles.